The lowest BCUT2D eigenvalue weighted by Gasteiger charge is -2.08. The van der Waals surface area contributed by atoms with Crippen molar-refractivity contribution in [1.29, 1.82) is 0 Å². The van der Waals surface area contributed by atoms with Crippen molar-refractivity contribution in [2.75, 3.05) is 14.2 Å². The van der Waals surface area contributed by atoms with Crippen molar-refractivity contribution in [2.45, 2.75) is 25.7 Å². The first-order valence-corrected chi connectivity index (χ1v) is 8.05. The number of methoxy groups -OCH3 is 2. The highest BCUT2D eigenvalue weighted by Crippen LogP contribution is 2.39. The summed E-state index contributed by atoms with van der Waals surface area (Å²) in [5.41, 5.74) is 2.39. The number of aromatic nitrogens is 6. The van der Waals surface area contributed by atoms with Crippen molar-refractivity contribution in [3.05, 3.63) is 35.9 Å². The van der Waals surface area contributed by atoms with Crippen LogP contribution in [0, 0.1) is 6.92 Å². The van der Waals surface area contributed by atoms with E-state index in [1.165, 1.54) is 7.11 Å². The molecule has 1 aliphatic rings. The van der Waals surface area contributed by atoms with Gasteiger partial charge in [0.2, 0.25) is 5.88 Å². The maximum absolute atomic E-state index is 5.25. The van der Waals surface area contributed by atoms with Gasteiger partial charge in [-0.05, 0) is 31.9 Å². The number of ether oxygens (including phenoxy) is 2. The van der Waals surface area contributed by atoms with E-state index in [4.69, 9.17) is 19.6 Å². The normalized spacial score (nSPS) is 13.7. The van der Waals surface area contributed by atoms with E-state index in [-0.39, 0.29) is 6.01 Å². The zero-order valence-electron chi connectivity index (χ0n) is 14.3. The highest BCUT2D eigenvalue weighted by Gasteiger charge is 2.30. The van der Waals surface area contributed by atoms with Crippen LogP contribution in [0.1, 0.15) is 30.3 Å². The third-order valence-corrected chi connectivity index (χ3v) is 3.99. The third-order valence-electron chi connectivity index (χ3n) is 3.99. The predicted octanol–water partition coefficient (Wildman–Crippen LogP) is 2.32. The van der Waals surface area contributed by atoms with Gasteiger partial charge in [0.15, 0.2) is 11.6 Å². The molecule has 3 aromatic rings. The van der Waals surface area contributed by atoms with Crippen LogP contribution in [0.5, 0.6) is 11.9 Å². The minimum atomic E-state index is 0.225. The van der Waals surface area contributed by atoms with E-state index in [1.807, 2.05) is 19.1 Å². The zero-order valence-corrected chi connectivity index (χ0v) is 14.3. The fraction of sp³-hybridized carbons (Fsp3) is 0.353. The Bertz CT molecular complexity index is 897. The molecule has 1 aliphatic carbocycles. The SMILES string of the molecule is COc1cc(-c2nc(C3CC3)nn2-c2ccnc(C)c2)nc(OC)n1. The van der Waals surface area contributed by atoms with Crippen LogP contribution in [0.15, 0.2) is 24.4 Å². The number of pyridine rings is 1. The first-order valence-electron chi connectivity index (χ1n) is 8.05. The molecule has 8 heteroatoms. The summed E-state index contributed by atoms with van der Waals surface area (Å²) in [6.07, 6.45) is 4.00. The maximum atomic E-state index is 5.25. The Morgan fingerprint density at radius 2 is 1.92 bits per heavy atom. The molecule has 0 N–H and O–H groups in total. The van der Waals surface area contributed by atoms with Crippen molar-refractivity contribution < 1.29 is 9.47 Å². The molecular formula is C17H18N6O2. The van der Waals surface area contributed by atoms with Crippen molar-refractivity contribution >= 4 is 0 Å². The number of hydrogen-bond donors (Lipinski definition) is 0. The van der Waals surface area contributed by atoms with Gasteiger partial charge in [0, 0.05) is 23.9 Å². The molecule has 0 aliphatic heterocycles. The number of nitrogens with zero attached hydrogens (tertiary/aromatic N) is 6. The Balaban J connectivity index is 1.89. The fourth-order valence-corrected chi connectivity index (χ4v) is 2.56. The molecule has 1 fully saturated rings. The summed E-state index contributed by atoms with van der Waals surface area (Å²) in [5, 5.41) is 4.71. The molecule has 1 saturated carbocycles. The average Bonchev–Trinajstić information content (AvgIpc) is 3.39. The Morgan fingerprint density at radius 3 is 2.60 bits per heavy atom. The Kier molecular flexibility index (Phi) is 3.79. The van der Waals surface area contributed by atoms with Gasteiger partial charge in [0.25, 0.3) is 0 Å². The second-order valence-corrected chi connectivity index (χ2v) is 5.92. The van der Waals surface area contributed by atoms with Crippen LogP contribution in [0.25, 0.3) is 17.2 Å². The summed E-state index contributed by atoms with van der Waals surface area (Å²) in [4.78, 5) is 17.5. The lowest BCUT2D eigenvalue weighted by Crippen LogP contribution is -2.04. The van der Waals surface area contributed by atoms with Crippen LogP contribution in [0.2, 0.25) is 0 Å². The Labute approximate surface area is 144 Å². The maximum Gasteiger partial charge on any atom is 0.320 e. The summed E-state index contributed by atoms with van der Waals surface area (Å²) >= 11 is 0. The molecule has 0 radical (unpaired) electrons. The van der Waals surface area contributed by atoms with E-state index in [9.17, 15) is 0 Å². The highest BCUT2D eigenvalue weighted by molar-refractivity contribution is 5.55. The van der Waals surface area contributed by atoms with Crippen LogP contribution in [0.3, 0.4) is 0 Å². The highest BCUT2D eigenvalue weighted by atomic mass is 16.5. The minimum absolute atomic E-state index is 0.225. The van der Waals surface area contributed by atoms with E-state index in [0.717, 1.165) is 30.0 Å². The molecule has 0 spiro atoms. The molecule has 0 atom stereocenters. The third kappa shape index (κ3) is 3.02. The lowest BCUT2D eigenvalue weighted by molar-refractivity contribution is 0.352. The first-order chi connectivity index (χ1) is 12.2. The standard InChI is InChI=1S/C17H18N6O2/c1-10-8-12(6-7-18-10)23-16(21-15(22-23)11-4-5-11)13-9-14(24-2)20-17(19-13)25-3/h6-9,11H,4-5H2,1-3H3. The molecule has 25 heavy (non-hydrogen) atoms. The van der Waals surface area contributed by atoms with Crippen LogP contribution in [-0.2, 0) is 0 Å². The van der Waals surface area contributed by atoms with E-state index < -0.39 is 0 Å². The smallest absolute Gasteiger partial charge is 0.320 e. The molecular weight excluding hydrogens is 320 g/mol. The molecule has 0 bridgehead atoms. The molecule has 4 rings (SSSR count). The minimum Gasteiger partial charge on any atom is -0.481 e. The summed E-state index contributed by atoms with van der Waals surface area (Å²) in [7, 11) is 3.07. The van der Waals surface area contributed by atoms with Crippen molar-refractivity contribution in [3.8, 4) is 29.1 Å². The van der Waals surface area contributed by atoms with Gasteiger partial charge in [-0.3, -0.25) is 4.98 Å². The quantitative estimate of drug-likeness (QED) is 0.705. The van der Waals surface area contributed by atoms with E-state index >= 15 is 0 Å². The predicted molar refractivity (Wildman–Crippen MR) is 90.0 cm³/mol. The van der Waals surface area contributed by atoms with Gasteiger partial charge in [-0.1, -0.05) is 0 Å². The van der Waals surface area contributed by atoms with Crippen molar-refractivity contribution in [2.24, 2.45) is 0 Å². The van der Waals surface area contributed by atoms with Crippen LogP contribution < -0.4 is 9.47 Å². The molecule has 128 valence electrons. The van der Waals surface area contributed by atoms with Gasteiger partial charge >= 0.3 is 6.01 Å². The number of rotatable bonds is 5. The lowest BCUT2D eigenvalue weighted by atomic mass is 10.3. The molecule has 8 nitrogen and oxygen atoms in total. The molecule has 3 heterocycles. The van der Waals surface area contributed by atoms with Crippen molar-refractivity contribution in [1.82, 2.24) is 29.7 Å². The van der Waals surface area contributed by atoms with E-state index in [0.29, 0.717) is 23.3 Å². The average molecular weight is 338 g/mol. The summed E-state index contributed by atoms with van der Waals surface area (Å²) in [5.74, 6) is 2.30. The number of hydrogen-bond acceptors (Lipinski definition) is 7. The summed E-state index contributed by atoms with van der Waals surface area (Å²) in [6, 6.07) is 5.82. The van der Waals surface area contributed by atoms with Gasteiger partial charge in [0.1, 0.15) is 5.69 Å². The first kappa shape index (κ1) is 15.5. The molecule has 0 amide bonds. The van der Waals surface area contributed by atoms with Gasteiger partial charge < -0.3 is 9.47 Å². The van der Waals surface area contributed by atoms with Gasteiger partial charge in [-0.2, -0.15) is 15.1 Å². The number of aryl methyl sites for hydroxylation is 1. The molecule has 0 aromatic carbocycles. The largest absolute Gasteiger partial charge is 0.481 e. The second kappa shape index (κ2) is 6.12. The molecule has 0 unspecified atom stereocenters. The summed E-state index contributed by atoms with van der Waals surface area (Å²) in [6.45, 7) is 1.94. The summed E-state index contributed by atoms with van der Waals surface area (Å²) < 4.78 is 12.2. The van der Waals surface area contributed by atoms with Gasteiger partial charge in [0.05, 0.1) is 19.9 Å². The van der Waals surface area contributed by atoms with Crippen LogP contribution in [-0.4, -0.2) is 43.9 Å². The van der Waals surface area contributed by atoms with Crippen LogP contribution >= 0.6 is 0 Å². The fourth-order valence-electron chi connectivity index (χ4n) is 2.56. The van der Waals surface area contributed by atoms with Crippen LogP contribution in [0.4, 0.5) is 0 Å². The van der Waals surface area contributed by atoms with E-state index in [1.54, 1.807) is 24.1 Å². The molecule has 0 saturated heterocycles. The topological polar surface area (TPSA) is 87.8 Å². The Hall–Kier alpha value is -3.03. The van der Waals surface area contributed by atoms with Gasteiger partial charge in [-0.25, -0.2) is 9.67 Å². The van der Waals surface area contributed by atoms with Gasteiger partial charge in [-0.15, -0.1) is 0 Å². The zero-order chi connectivity index (χ0) is 17.4. The Morgan fingerprint density at radius 1 is 1.08 bits per heavy atom. The van der Waals surface area contributed by atoms with Crippen molar-refractivity contribution in [3.63, 3.8) is 0 Å². The monoisotopic (exact) mass is 338 g/mol. The van der Waals surface area contributed by atoms with E-state index in [2.05, 4.69) is 15.0 Å². The molecule has 3 aromatic heterocycles. The second-order valence-electron chi connectivity index (χ2n) is 5.92.